The third-order valence-corrected chi connectivity index (χ3v) is 2.18. The van der Waals surface area contributed by atoms with E-state index in [1.807, 2.05) is 0 Å². The summed E-state index contributed by atoms with van der Waals surface area (Å²) in [6.07, 6.45) is 0. The second kappa shape index (κ2) is 5.83. The van der Waals surface area contributed by atoms with Gasteiger partial charge in [-0.1, -0.05) is 0 Å². The van der Waals surface area contributed by atoms with E-state index in [1.54, 1.807) is 13.8 Å². The van der Waals surface area contributed by atoms with Gasteiger partial charge < -0.3 is 14.3 Å². The molecule has 0 aliphatic rings. The van der Waals surface area contributed by atoms with Crippen LogP contribution in [-0.2, 0) is 10.1 Å². The van der Waals surface area contributed by atoms with E-state index in [4.69, 9.17) is 0 Å². The van der Waals surface area contributed by atoms with Crippen molar-refractivity contribution in [2.45, 2.75) is 25.0 Å². The van der Waals surface area contributed by atoms with Crippen LogP contribution in [0.3, 0.4) is 0 Å². The fourth-order valence-electron chi connectivity index (χ4n) is 0.910. The summed E-state index contributed by atoms with van der Waals surface area (Å²) >= 11 is 0. The van der Waals surface area contributed by atoms with Crippen molar-refractivity contribution in [1.29, 1.82) is 0 Å². The number of rotatable bonds is 3. The molecule has 1 rings (SSSR count). The molecule has 0 aliphatic heterocycles. The van der Waals surface area contributed by atoms with Crippen molar-refractivity contribution in [3.63, 3.8) is 0 Å². The molecule has 0 unspecified atom stereocenters. The third-order valence-electron chi connectivity index (χ3n) is 1.47. The average molecular weight is 255 g/mol. The van der Waals surface area contributed by atoms with Gasteiger partial charge in [0.25, 0.3) is 5.91 Å². The van der Waals surface area contributed by atoms with Gasteiger partial charge in [0, 0.05) is 6.04 Å². The van der Waals surface area contributed by atoms with Crippen LogP contribution in [0.2, 0.25) is 0 Å². The van der Waals surface area contributed by atoms with Crippen molar-refractivity contribution in [2.24, 2.45) is 0 Å². The number of nitrogens with one attached hydrogen (secondary N) is 1. The van der Waals surface area contributed by atoms with Gasteiger partial charge in [0.15, 0.2) is 15.9 Å². The molecule has 1 amide bonds. The summed E-state index contributed by atoms with van der Waals surface area (Å²) in [7, 11) is -4.64. The van der Waals surface area contributed by atoms with E-state index in [-0.39, 0.29) is 41.4 Å². The molecule has 0 aromatic carbocycles. The van der Waals surface area contributed by atoms with Crippen LogP contribution in [0.1, 0.15) is 24.4 Å². The number of hydrogen-bond acceptors (Lipinski definition) is 5. The monoisotopic (exact) mass is 255 g/mol. The van der Waals surface area contributed by atoms with Gasteiger partial charge in [0.05, 0.1) is 0 Å². The third kappa shape index (κ3) is 4.26. The number of amides is 1. The average Bonchev–Trinajstić information content (AvgIpc) is 2.48. The molecule has 1 heterocycles. The van der Waals surface area contributed by atoms with E-state index in [9.17, 15) is 17.8 Å². The molecule has 0 atom stereocenters. The smallest absolute Gasteiger partial charge is 0.742 e. The minimum absolute atomic E-state index is 0. The molecule has 1 aromatic rings. The van der Waals surface area contributed by atoms with Crippen LogP contribution in [-0.4, -0.2) is 24.9 Å². The van der Waals surface area contributed by atoms with Crippen molar-refractivity contribution >= 4 is 16.0 Å². The molecule has 0 bridgehead atoms. The Morgan fingerprint density at radius 3 is 2.38 bits per heavy atom. The van der Waals surface area contributed by atoms with E-state index >= 15 is 0 Å². The summed E-state index contributed by atoms with van der Waals surface area (Å²) in [6, 6.07) is 2.00. The molecule has 0 aliphatic carbocycles. The quantitative estimate of drug-likeness (QED) is 0.469. The minimum atomic E-state index is -4.64. The first-order valence-electron chi connectivity index (χ1n) is 4.17. The molecule has 16 heavy (non-hydrogen) atoms. The maximum Gasteiger partial charge on any atom is 1.00 e. The predicted octanol–water partition coefficient (Wildman–Crippen LogP) is -2.67. The fraction of sp³-hybridized carbons (Fsp3) is 0.375. The van der Waals surface area contributed by atoms with E-state index < -0.39 is 21.1 Å². The second-order valence-corrected chi connectivity index (χ2v) is 4.51. The number of carbonyl (C=O) groups is 1. The molecular weight excluding hydrogens is 245 g/mol. The number of hydrogen-bond donors (Lipinski definition) is 1. The molecule has 0 radical (unpaired) electrons. The van der Waals surface area contributed by atoms with Crippen LogP contribution in [0.25, 0.3) is 0 Å². The molecule has 1 aromatic heterocycles. The molecule has 6 nitrogen and oxygen atoms in total. The van der Waals surface area contributed by atoms with E-state index in [1.165, 1.54) is 0 Å². The van der Waals surface area contributed by atoms with Crippen molar-refractivity contribution in [3.05, 3.63) is 17.9 Å². The van der Waals surface area contributed by atoms with Gasteiger partial charge in [0.2, 0.25) is 5.09 Å². The van der Waals surface area contributed by atoms with Crippen LogP contribution >= 0.6 is 0 Å². The molecule has 1 N–H and O–H groups in total. The Balaban J connectivity index is 0.00000225. The standard InChI is InChI=1S/C8H11NO5S.Na/c1-5(2)9-8(10)6-3-4-7(14-6)15(11,12)13;/h3-5H,1-2H3,(H,9,10)(H,11,12,13);/q;+1/p-1. The SMILES string of the molecule is CC(C)NC(=O)c1ccc(S(=O)(=O)[O-])o1.[Na+]. The van der Waals surface area contributed by atoms with Gasteiger partial charge in [0.1, 0.15) is 0 Å². The summed E-state index contributed by atoms with van der Waals surface area (Å²) in [6.45, 7) is 3.48. The van der Waals surface area contributed by atoms with E-state index in [0.29, 0.717) is 0 Å². The first-order valence-corrected chi connectivity index (χ1v) is 5.58. The van der Waals surface area contributed by atoms with Crippen molar-refractivity contribution < 1.29 is 51.7 Å². The second-order valence-electron chi connectivity index (χ2n) is 3.20. The zero-order valence-electron chi connectivity index (χ0n) is 9.18. The molecular formula is C8H10NNaO5S. The van der Waals surface area contributed by atoms with Crippen molar-refractivity contribution in [3.8, 4) is 0 Å². The van der Waals surface area contributed by atoms with Gasteiger partial charge in [-0.3, -0.25) is 4.79 Å². The fourth-order valence-corrected chi connectivity index (χ4v) is 1.34. The van der Waals surface area contributed by atoms with Crippen LogP contribution in [0, 0.1) is 0 Å². The largest absolute Gasteiger partial charge is 1.00 e. The molecule has 0 saturated carbocycles. The van der Waals surface area contributed by atoms with Gasteiger partial charge in [-0.15, -0.1) is 0 Å². The Hall–Kier alpha value is -0.340. The molecule has 0 spiro atoms. The minimum Gasteiger partial charge on any atom is -0.742 e. The van der Waals surface area contributed by atoms with Gasteiger partial charge >= 0.3 is 29.6 Å². The van der Waals surface area contributed by atoms with Crippen LogP contribution < -0.4 is 34.9 Å². The van der Waals surface area contributed by atoms with Gasteiger partial charge in [-0.25, -0.2) is 8.42 Å². The van der Waals surface area contributed by atoms with Crippen LogP contribution in [0.15, 0.2) is 21.6 Å². The first-order chi connectivity index (χ1) is 6.80. The zero-order valence-corrected chi connectivity index (χ0v) is 12.0. The summed E-state index contributed by atoms with van der Waals surface area (Å²) in [4.78, 5) is 11.3. The van der Waals surface area contributed by atoms with Crippen LogP contribution in [0.4, 0.5) is 0 Å². The summed E-state index contributed by atoms with van der Waals surface area (Å²) in [5.41, 5.74) is 0. The Morgan fingerprint density at radius 1 is 1.44 bits per heavy atom. The van der Waals surface area contributed by atoms with E-state index in [2.05, 4.69) is 9.73 Å². The zero-order chi connectivity index (χ0) is 11.6. The maximum atomic E-state index is 11.3. The topological polar surface area (TPSA) is 99.4 Å². The van der Waals surface area contributed by atoms with Crippen LogP contribution in [0.5, 0.6) is 0 Å². The normalized spacial score (nSPS) is 11.0. The predicted molar refractivity (Wildman–Crippen MR) is 49.3 cm³/mol. The molecule has 0 fully saturated rings. The summed E-state index contributed by atoms with van der Waals surface area (Å²) < 4.78 is 36.1. The Bertz CT molecular complexity index is 465. The molecule has 8 heteroatoms. The Morgan fingerprint density at radius 2 is 2.00 bits per heavy atom. The van der Waals surface area contributed by atoms with Crippen molar-refractivity contribution in [2.75, 3.05) is 0 Å². The first kappa shape index (κ1) is 15.7. The molecule has 0 saturated heterocycles. The molecule has 84 valence electrons. The van der Waals surface area contributed by atoms with Gasteiger partial charge in [-0.2, -0.15) is 0 Å². The van der Waals surface area contributed by atoms with E-state index in [0.717, 1.165) is 12.1 Å². The number of carbonyl (C=O) groups excluding carboxylic acids is 1. The summed E-state index contributed by atoms with van der Waals surface area (Å²) in [5, 5.41) is 1.74. The van der Waals surface area contributed by atoms with Gasteiger partial charge in [-0.05, 0) is 26.0 Å². The Labute approximate surface area is 115 Å². The number of furan rings is 1. The maximum absolute atomic E-state index is 11.3. The Kier molecular flexibility index (Phi) is 5.71. The summed E-state index contributed by atoms with van der Waals surface area (Å²) in [5.74, 6) is -0.752. The van der Waals surface area contributed by atoms with Crippen molar-refractivity contribution in [1.82, 2.24) is 5.32 Å².